The van der Waals surface area contributed by atoms with Gasteiger partial charge in [-0.1, -0.05) is 17.7 Å². The molecule has 0 fully saturated rings. The molecule has 0 bridgehead atoms. The molecule has 1 rings (SSSR count). The Labute approximate surface area is 80.2 Å². The number of nitro groups is 1. The first-order valence-corrected chi connectivity index (χ1v) is 4.12. The van der Waals surface area contributed by atoms with Gasteiger partial charge in [0.2, 0.25) is 0 Å². The maximum absolute atomic E-state index is 10.5. The van der Waals surface area contributed by atoms with Crippen molar-refractivity contribution in [2.24, 2.45) is 0 Å². The quantitative estimate of drug-likeness (QED) is 0.429. The van der Waals surface area contributed by atoms with Crippen LogP contribution in [0.2, 0.25) is 0 Å². The van der Waals surface area contributed by atoms with E-state index >= 15 is 0 Å². The fourth-order valence-corrected chi connectivity index (χ4v) is 1.07. The summed E-state index contributed by atoms with van der Waals surface area (Å²) in [6, 6.07) is 4.62. The van der Waals surface area contributed by atoms with Crippen LogP contribution in [0.5, 0.6) is 5.75 Å². The zero-order chi connectivity index (χ0) is 9.84. The summed E-state index contributed by atoms with van der Waals surface area (Å²) in [5, 5.41) is 10.5. The van der Waals surface area contributed by atoms with Gasteiger partial charge in [0.15, 0.2) is 11.8 Å². The minimum absolute atomic E-state index is 0.0550. The summed E-state index contributed by atoms with van der Waals surface area (Å²) in [5.41, 5.74) is 0.759. The summed E-state index contributed by atoms with van der Waals surface area (Å²) in [4.78, 5) is 10.0. The summed E-state index contributed by atoms with van der Waals surface area (Å²) >= 11 is 5.31. The molecule has 0 unspecified atom stereocenters. The molecule has 0 aliphatic rings. The summed E-state index contributed by atoms with van der Waals surface area (Å²) < 4.78 is 4.88. The van der Waals surface area contributed by atoms with Gasteiger partial charge in [0, 0.05) is 6.07 Å². The third kappa shape index (κ3) is 2.32. The van der Waals surface area contributed by atoms with Gasteiger partial charge in [-0.3, -0.25) is 10.1 Å². The van der Waals surface area contributed by atoms with Gasteiger partial charge in [0.1, 0.15) is 0 Å². The highest BCUT2D eigenvalue weighted by atomic mass is 35.5. The fourth-order valence-electron chi connectivity index (χ4n) is 0.951. The molecular weight excluding hydrogens is 194 g/mol. The number of rotatable bonds is 3. The van der Waals surface area contributed by atoms with Crippen molar-refractivity contribution in [1.82, 2.24) is 0 Å². The SMILES string of the molecule is Cc1ccc(OCCl)c([N+](=O)[O-])c1. The lowest BCUT2D eigenvalue weighted by Gasteiger charge is -2.02. The highest BCUT2D eigenvalue weighted by molar-refractivity contribution is 6.17. The largest absolute Gasteiger partial charge is 0.471 e. The normalized spacial score (nSPS) is 9.69. The van der Waals surface area contributed by atoms with Crippen LogP contribution in [-0.4, -0.2) is 11.0 Å². The molecule has 0 saturated heterocycles. The molecule has 0 atom stereocenters. The second-order valence-electron chi connectivity index (χ2n) is 2.48. The number of halogens is 1. The Bertz CT molecular complexity index is 327. The standard InChI is InChI=1S/C8H8ClNO3/c1-6-2-3-8(13-5-9)7(4-6)10(11)12/h2-4H,5H2,1H3. The van der Waals surface area contributed by atoms with Crippen molar-refractivity contribution in [3.63, 3.8) is 0 Å². The molecule has 0 spiro atoms. The van der Waals surface area contributed by atoms with Gasteiger partial charge in [-0.2, -0.15) is 0 Å². The molecule has 1 aromatic rings. The van der Waals surface area contributed by atoms with Crippen molar-refractivity contribution in [3.05, 3.63) is 33.9 Å². The lowest BCUT2D eigenvalue weighted by molar-refractivity contribution is -0.385. The molecule has 0 heterocycles. The van der Waals surface area contributed by atoms with Crippen molar-refractivity contribution < 1.29 is 9.66 Å². The second kappa shape index (κ2) is 4.09. The number of aryl methyl sites for hydroxylation is 1. The summed E-state index contributed by atoms with van der Waals surface area (Å²) in [7, 11) is 0. The van der Waals surface area contributed by atoms with Crippen LogP contribution in [0.3, 0.4) is 0 Å². The van der Waals surface area contributed by atoms with E-state index in [0.29, 0.717) is 0 Å². The first-order chi connectivity index (χ1) is 6.15. The molecule has 0 aromatic heterocycles. The Morgan fingerprint density at radius 3 is 2.85 bits per heavy atom. The fraction of sp³-hybridized carbons (Fsp3) is 0.250. The van der Waals surface area contributed by atoms with E-state index in [-0.39, 0.29) is 17.5 Å². The van der Waals surface area contributed by atoms with Crippen LogP contribution in [0, 0.1) is 17.0 Å². The maximum atomic E-state index is 10.5. The third-order valence-electron chi connectivity index (χ3n) is 1.52. The van der Waals surface area contributed by atoms with Gasteiger partial charge < -0.3 is 4.74 Å². The molecule has 0 saturated carbocycles. The number of alkyl halides is 1. The van der Waals surface area contributed by atoms with Crippen LogP contribution in [0.4, 0.5) is 5.69 Å². The Balaban J connectivity index is 3.10. The number of benzene rings is 1. The number of hydrogen-bond acceptors (Lipinski definition) is 3. The van der Waals surface area contributed by atoms with E-state index in [1.165, 1.54) is 12.1 Å². The molecule has 13 heavy (non-hydrogen) atoms. The minimum Gasteiger partial charge on any atom is -0.471 e. The topological polar surface area (TPSA) is 52.4 Å². The van der Waals surface area contributed by atoms with Crippen LogP contribution in [0.1, 0.15) is 5.56 Å². The van der Waals surface area contributed by atoms with Gasteiger partial charge in [-0.25, -0.2) is 0 Å². The van der Waals surface area contributed by atoms with E-state index in [9.17, 15) is 10.1 Å². The van der Waals surface area contributed by atoms with Crippen molar-refractivity contribution in [2.75, 3.05) is 6.07 Å². The van der Waals surface area contributed by atoms with E-state index in [4.69, 9.17) is 16.3 Å². The highest BCUT2D eigenvalue weighted by Crippen LogP contribution is 2.27. The van der Waals surface area contributed by atoms with Crippen LogP contribution in [0.15, 0.2) is 18.2 Å². The predicted octanol–water partition coefficient (Wildman–Crippen LogP) is 2.48. The Morgan fingerprint density at radius 2 is 2.31 bits per heavy atom. The van der Waals surface area contributed by atoms with E-state index in [2.05, 4.69) is 0 Å². The molecule has 5 heteroatoms. The van der Waals surface area contributed by atoms with Crippen LogP contribution in [-0.2, 0) is 0 Å². The molecule has 0 N–H and O–H groups in total. The summed E-state index contributed by atoms with van der Waals surface area (Å²) in [6.07, 6.45) is 0. The minimum atomic E-state index is -0.491. The zero-order valence-electron chi connectivity index (χ0n) is 6.99. The van der Waals surface area contributed by atoms with E-state index in [0.717, 1.165) is 5.56 Å². The average Bonchev–Trinajstić information content (AvgIpc) is 2.08. The summed E-state index contributed by atoms with van der Waals surface area (Å²) in [5.74, 6) is 0.200. The van der Waals surface area contributed by atoms with Gasteiger partial charge in [0.25, 0.3) is 0 Å². The molecule has 4 nitrogen and oxygen atoms in total. The Kier molecular flexibility index (Phi) is 3.08. The number of nitro benzene ring substituents is 1. The van der Waals surface area contributed by atoms with Gasteiger partial charge in [0.05, 0.1) is 4.92 Å². The molecule has 0 amide bonds. The van der Waals surface area contributed by atoms with Gasteiger partial charge >= 0.3 is 5.69 Å². The highest BCUT2D eigenvalue weighted by Gasteiger charge is 2.14. The third-order valence-corrected chi connectivity index (χ3v) is 1.63. The maximum Gasteiger partial charge on any atom is 0.311 e. The number of ether oxygens (including phenoxy) is 1. The lowest BCUT2D eigenvalue weighted by atomic mass is 10.2. The second-order valence-corrected chi connectivity index (χ2v) is 2.70. The van der Waals surface area contributed by atoms with Crippen LogP contribution in [0.25, 0.3) is 0 Å². The van der Waals surface area contributed by atoms with Gasteiger partial charge in [-0.05, 0) is 18.6 Å². The number of nitrogens with zero attached hydrogens (tertiary/aromatic N) is 1. The zero-order valence-corrected chi connectivity index (χ0v) is 7.75. The molecule has 1 aromatic carbocycles. The molecular formula is C8H8ClNO3. The van der Waals surface area contributed by atoms with E-state index < -0.39 is 4.92 Å². The first-order valence-electron chi connectivity index (χ1n) is 3.59. The Morgan fingerprint density at radius 1 is 1.62 bits per heavy atom. The first kappa shape index (κ1) is 9.80. The molecule has 0 aliphatic heterocycles. The van der Waals surface area contributed by atoms with Crippen LogP contribution >= 0.6 is 11.6 Å². The Hall–Kier alpha value is -1.29. The number of hydrogen-bond donors (Lipinski definition) is 0. The molecule has 0 aliphatic carbocycles. The average molecular weight is 202 g/mol. The van der Waals surface area contributed by atoms with Crippen molar-refractivity contribution in [2.45, 2.75) is 6.92 Å². The smallest absolute Gasteiger partial charge is 0.311 e. The van der Waals surface area contributed by atoms with E-state index in [1.807, 2.05) is 0 Å². The van der Waals surface area contributed by atoms with Crippen molar-refractivity contribution in [3.8, 4) is 5.75 Å². The lowest BCUT2D eigenvalue weighted by Crippen LogP contribution is -1.96. The molecule has 70 valence electrons. The van der Waals surface area contributed by atoms with Crippen molar-refractivity contribution in [1.29, 1.82) is 0 Å². The summed E-state index contributed by atoms with van der Waals surface area (Å²) in [6.45, 7) is 1.78. The van der Waals surface area contributed by atoms with Crippen LogP contribution < -0.4 is 4.74 Å². The van der Waals surface area contributed by atoms with E-state index in [1.54, 1.807) is 13.0 Å². The monoisotopic (exact) mass is 201 g/mol. The van der Waals surface area contributed by atoms with Crippen molar-refractivity contribution >= 4 is 17.3 Å². The van der Waals surface area contributed by atoms with Gasteiger partial charge in [-0.15, -0.1) is 0 Å². The molecule has 0 radical (unpaired) electrons. The predicted molar refractivity (Wildman–Crippen MR) is 49.2 cm³/mol.